The van der Waals surface area contributed by atoms with Crippen molar-refractivity contribution in [1.29, 1.82) is 0 Å². The smallest absolute Gasteiger partial charge is 0.254 e. The molecule has 1 saturated heterocycles. The molecule has 0 N–H and O–H groups in total. The second-order valence-electron chi connectivity index (χ2n) is 5.76. The number of aromatic nitrogens is 2. The molecule has 0 saturated carbocycles. The lowest BCUT2D eigenvalue weighted by molar-refractivity contribution is 0.0160. The van der Waals surface area contributed by atoms with Gasteiger partial charge in [0.15, 0.2) is 0 Å². The van der Waals surface area contributed by atoms with Gasteiger partial charge in [-0.1, -0.05) is 6.07 Å². The van der Waals surface area contributed by atoms with Crippen LogP contribution in [-0.4, -0.2) is 39.6 Å². The fraction of sp³-hybridized carbons (Fsp3) is 0.158. The van der Waals surface area contributed by atoms with Crippen LogP contribution in [0.15, 0.2) is 73.2 Å². The summed E-state index contributed by atoms with van der Waals surface area (Å²) in [6.07, 6.45) is 5.67. The Morgan fingerprint density at radius 3 is 2.42 bits per heavy atom. The van der Waals surface area contributed by atoms with Crippen molar-refractivity contribution in [3.8, 4) is 11.6 Å². The molecule has 0 bridgehead atoms. The predicted molar refractivity (Wildman–Crippen MR) is 90.3 cm³/mol. The number of hydrogen-bond acceptors (Lipinski definition) is 3. The fourth-order valence-corrected chi connectivity index (χ4v) is 2.73. The Bertz CT molecular complexity index is 808. The van der Waals surface area contributed by atoms with E-state index in [1.165, 1.54) is 0 Å². The highest BCUT2D eigenvalue weighted by molar-refractivity contribution is 5.95. The number of likely N-dealkylation sites (tertiary alicyclic amines) is 1. The van der Waals surface area contributed by atoms with Crippen molar-refractivity contribution in [2.45, 2.75) is 6.10 Å². The van der Waals surface area contributed by atoms with E-state index >= 15 is 0 Å². The van der Waals surface area contributed by atoms with Gasteiger partial charge in [0.25, 0.3) is 5.91 Å². The Kier molecular flexibility index (Phi) is 3.75. The maximum absolute atomic E-state index is 12.5. The summed E-state index contributed by atoms with van der Waals surface area (Å²) in [6.45, 7) is 1.18. The van der Waals surface area contributed by atoms with Gasteiger partial charge in [-0.25, -0.2) is 4.98 Å². The third-order valence-electron chi connectivity index (χ3n) is 4.08. The monoisotopic (exact) mass is 319 g/mol. The molecule has 0 atom stereocenters. The zero-order chi connectivity index (χ0) is 16.4. The van der Waals surface area contributed by atoms with Gasteiger partial charge in [-0.2, -0.15) is 0 Å². The largest absolute Gasteiger partial charge is 0.471 e. The van der Waals surface area contributed by atoms with E-state index in [0.717, 1.165) is 5.69 Å². The first-order valence-electron chi connectivity index (χ1n) is 7.90. The van der Waals surface area contributed by atoms with Crippen molar-refractivity contribution in [3.63, 3.8) is 0 Å². The summed E-state index contributed by atoms with van der Waals surface area (Å²) < 4.78 is 7.73. The second-order valence-corrected chi connectivity index (χ2v) is 5.76. The van der Waals surface area contributed by atoms with Crippen molar-refractivity contribution in [3.05, 3.63) is 78.8 Å². The van der Waals surface area contributed by atoms with Gasteiger partial charge in [0.1, 0.15) is 6.10 Å². The molecule has 0 aliphatic carbocycles. The van der Waals surface area contributed by atoms with E-state index in [4.69, 9.17) is 4.74 Å². The van der Waals surface area contributed by atoms with Crippen LogP contribution < -0.4 is 4.74 Å². The SMILES string of the molecule is O=C(c1ccc(-n2cccc2)cc1)N1CC(Oc2ccccn2)C1. The van der Waals surface area contributed by atoms with E-state index in [0.29, 0.717) is 24.5 Å². The number of hydrogen-bond donors (Lipinski definition) is 0. The third kappa shape index (κ3) is 2.88. The van der Waals surface area contributed by atoms with Crippen LogP contribution in [0.3, 0.4) is 0 Å². The number of amides is 1. The number of carbonyl (C=O) groups excluding carboxylic acids is 1. The molecule has 1 fully saturated rings. The van der Waals surface area contributed by atoms with Gasteiger partial charge in [-0.15, -0.1) is 0 Å². The molecule has 5 nitrogen and oxygen atoms in total. The van der Waals surface area contributed by atoms with Gasteiger partial charge in [0, 0.05) is 35.9 Å². The molecule has 4 rings (SSSR count). The van der Waals surface area contributed by atoms with E-state index in [2.05, 4.69) is 4.98 Å². The van der Waals surface area contributed by atoms with Crippen molar-refractivity contribution in [2.24, 2.45) is 0 Å². The molecular weight excluding hydrogens is 302 g/mol. The molecule has 1 amide bonds. The summed E-state index contributed by atoms with van der Waals surface area (Å²) in [6, 6.07) is 17.1. The molecule has 120 valence electrons. The topological polar surface area (TPSA) is 47.4 Å². The van der Waals surface area contributed by atoms with Gasteiger partial charge in [-0.3, -0.25) is 4.79 Å². The van der Waals surface area contributed by atoms with Crippen molar-refractivity contribution in [1.82, 2.24) is 14.5 Å². The third-order valence-corrected chi connectivity index (χ3v) is 4.08. The van der Waals surface area contributed by atoms with Crippen LogP contribution in [0.25, 0.3) is 5.69 Å². The lowest BCUT2D eigenvalue weighted by atomic mass is 10.1. The van der Waals surface area contributed by atoms with Crippen LogP contribution in [-0.2, 0) is 0 Å². The standard InChI is InChI=1S/C19H17N3O2/c23-19(15-6-8-16(9-7-15)21-11-3-4-12-21)22-13-17(14-22)24-18-5-1-2-10-20-18/h1-12,17H,13-14H2. The van der Waals surface area contributed by atoms with E-state index < -0.39 is 0 Å². The predicted octanol–water partition coefficient (Wildman–Crippen LogP) is 2.78. The van der Waals surface area contributed by atoms with E-state index in [1.54, 1.807) is 11.1 Å². The quantitative estimate of drug-likeness (QED) is 0.743. The maximum Gasteiger partial charge on any atom is 0.254 e. The lowest BCUT2D eigenvalue weighted by Crippen LogP contribution is -2.56. The zero-order valence-corrected chi connectivity index (χ0v) is 13.1. The van der Waals surface area contributed by atoms with Gasteiger partial charge in [-0.05, 0) is 42.5 Å². The highest BCUT2D eigenvalue weighted by atomic mass is 16.5. The van der Waals surface area contributed by atoms with Gasteiger partial charge < -0.3 is 14.2 Å². The molecule has 24 heavy (non-hydrogen) atoms. The first kappa shape index (κ1) is 14.5. The summed E-state index contributed by atoms with van der Waals surface area (Å²) in [5.41, 5.74) is 1.73. The molecular formula is C19H17N3O2. The van der Waals surface area contributed by atoms with Crippen molar-refractivity contribution < 1.29 is 9.53 Å². The average molecular weight is 319 g/mol. The van der Waals surface area contributed by atoms with Crippen LogP contribution in [0.1, 0.15) is 10.4 Å². The number of rotatable bonds is 4. The van der Waals surface area contributed by atoms with Crippen LogP contribution in [0.5, 0.6) is 5.88 Å². The minimum absolute atomic E-state index is 0.0167. The highest BCUT2D eigenvalue weighted by Crippen LogP contribution is 2.19. The second kappa shape index (κ2) is 6.20. The van der Waals surface area contributed by atoms with Crippen LogP contribution >= 0.6 is 0 Å². The van der Waals surface area contributed by atoms with Crippen LogP contribution in [0.2, 0.25) is 0 Å². The van der Waals surface area contributed by atoms with Crippen molar-refractivity contribution in [2.75, 3.05) is 13.1 Å². The summed E-state index contributed by atoms with van der Waals surface area (Å²) in [7, 11) is 0. The summed E-state index contributed by atoms with van der Waals surface area (Å²) >= 11 is 0. The van der Waals surface area contributed by atoms with E-state index in [9.17, 15) is 4.79 Å². The summed E-state index contributed by atoms with van der Waals surface area (Å²) in [5.74, 6) is 0.639. The highest BCUT2D eigenvalue weighted by Gasteiger charge is 2.33. The molecule has 0 spiro atoms. The Hall–Kier alpha value is -3.08. The Labute approximate surface area is 140 Å². The maximum atomic E-state index is 12.5. The molecule has 2 aromatic heterocycles. The number of pyridine rings is 1. The minimum atomic E-state index is 0.0167. The normalized spacial score (nSPS) is 14.2. The van der Waals surface area contributed by atoms with Gasteiger partial charge in [0.05, 0.1) is 13.1 Å². The van der Waals surface area contributed by atoms with Crippen LogP contribution in [0.4, 0.5) is 0 Å². The van der Waals surface area contributed by atoms with Crippen molar-refractivity contribution >= 4 is 5.91 Å². The Balaban J connectivity index is 1.35. The van der Waals surface area contributed by atoms with Crippen LogP contribution in [0, 0.1) is 0 Å². The molecule has 1 aliphatic rings. The minimum Gasteiger partial charge on any atom is -0.471 e. The fourth-order valence-electron chi connectivity index (χ4n) is 2.73. The molecule has 0 unspecified atom stereocenters. The average Bonchev–Trinajstić information content (AvgIpc) is 3.13. The molecule has 1 aromatic carbocycles. The van der Waals surface area contributed by atoms with E-state index in [1.807, 2.05) is 71.6 Å². The van der Waals surface area contributed by atoms with E-state index in [-0.39, 0.29) is 12.0 Å². The van der Waals surface area contributed by atoms with Gasteiger partial charge in [0.2, 0.25) is 5.88 Å². The molecule has 3 heterocycles. The zero-order valence-electron chi connectivity index (χ0n) is 13.1. The molecule has 0 radical (unpaired) electrons. The number of benzene rings is 1. The summed E-state index contributed by atoms with van der Waals surface area (Å²) in [4.78, 5) is 18.4. The number of nitrogens with zero attached hydrogens (tertiary/aromatic N) is 3. The molecule has 5 heteroatoms. The molecule has 3 aromatic rings. The van der Waals surface area contributed by atoms with Gasteiger partial charge >= 0.3 is 0 Å². The first-order valence-corrected chi connectivity index (χ1v) is 7.90. The first-order chi connectivity index (χ1) is 11.8. The Morgan fingerprint density at radius 2 is 1.75 bits per heavy atom. The molecule has 1 aliphatic heterocycles. The number of ether oxygens (including phenoxy) is 1. The Morgan fingerprint density at radius 1 is 1.00 bits per heavy atom. The lowest BCUT2D eigenvalue weighted by Gasteiger charge is -2.38. The number of carbonyl (C=O) groups is 1. The summed E-state index contributed by atoms with van der Waals surface area (Å²) in [5, 5.41) is 0.